The van der Waals surface area contributed by atoms with Crippen molar-refractivity contribution in [3.8, 4) is 11.1 Å². The summed E-state index contributed by atoms with van der Waals surface area (Å²) in [5.74, 6) is 0.333. The van der Waals surface area contributed by atoms with Gasteiger partial charge in [0.2, 0.25) is 0 Å². The quantitative estimate of drug-likeness (QED) is 0.152. The Balaban J connectivity index is 1.53. The first-order chi connectivity index (χ1) is 17.7. The average molecular weight is 529 g/mol. The molecule has 0 heterocycles. The standard InChI is InChI=1S/C29H35F3N4S/c1-5-24(12-18(2)28(35-4)10-11-28)36-37-27(29(30,31)32)21-8-9-25-22(14-21)13-20-7-6-19(15-26(20)25)23(16-33)17-34-3/h5-9,14-18,24,27,35-36H,1,10-13,33H2,2-4H3. The molecule has 1 fully saturated rings. The lowest BCUT2D eigenvalue weighted by atomic mass is 9.92. The van der Waals surface area contributed by atoms with Crippen molar-refractivity contribution in [1.82, 2.24) is 10.0 Å². The van der Waals surface area contributed by atoms with Gasteiger partial charge in [0.1, 0.15) is 5.25 Å². The summed E-state index contributed by atoms with van der Waals surface area (Å²) >= 11 is 0.736. The van der Waals surface area contributed by atoms with Crippen molar-refractivity contribution in [1.29, 1.82) is 0 Å². The van der Waals surface area contributed by atoms with Gasteiger partial charge in [-0.25, -0.2) is 0 Å². The number of nitrogens with two attached hydrogens (primary N) is 1. The molecule has 2 aromatic rings. The summed E-state index contributed by atoms with van der Waals surface area (Å²) in [6.07, 6.45) is 4.04. The van der Waals surface area contributed by atoms with Crippen molar-refractivity contribution in [2.24, 2.45) is 16.6 Å². The van der Waals surface area contributed by atoms with Gasteiger partial charge in [0.05, 0.1) is 0 Å². The number of alkyl halides is 3. The summed E-state index contributed by atoms with van der Waals surface area (Å²) in [6.45, 7) is 6.02. The largest absolute Gasteiger partial charge is 0.405 e. The summed E-state index contributed by atoms with van der Waals surface area (Å²) < 4.78 is 45.7. The van der Waals surface area contributed by atoms with Crippen LogP contribution in [-0.2, 0) is 6.42 Å². The predicted octanol–water partition coefficient (Wildman–Crippen LogP) is 6.43. The molecule has 0 amide bonds. The Morgan fingerprint density at radius 2 is 1.95 bits per heavy atom. The third-order valence-corrected chi connectivity index (χ3v) is 8.96. The second kappa shape index (κ2) is 11.1. The lowest BCUT2D eigenvalue weighted by Crippen LogP contribution is -2.38. The van der Waals surface area contributed by atoms with E-state index in [4.69, 9.17) is 5.73 Å². The minimum absolute atomic E-state index is 0.107. The molecular weight excluding hydrogens is 493 g/mol. The van der Waals surface area contributed by atoms with Crippen LogP contribution in [0.25, 0.3) is 16.7 Å². The zero-order valence-electron chi connectivity index (χ0n) is 21.5. The van der Waals surface area contributed by atoms with E-state index in [0.29, 0.717) is 12.3 Å². The second-order valence-corrected chi connectivity index (χ2v) is 11.0. The maximum absolute atomic E-state index is 14.2. The molecule has 1 saturated carbocycles. The third kappa shape index (κ3) is 5.81. The zero-order chi connectivity index (χ0) is 26.8. The van der Waals surface area contributed by atoms with Crippen LogP contribution in [0.4, 0.5) is 13.2 Å². The number of hydrogen-bond donors (Lipinski definition) is 3. The van der Waals surface area contributed by atoms with Crippen molar-refractivity contribution in [3.63, 3.8) is 0 Å². The minimum Gasteiger partial charge on any atom is -0.404 e. The lowest BCUT2D eigenvalue weighted by molar-refractivity contribution is -0.129. The number of nitrogens with zero attached hydrogens (tertiary/aromatic N) is 1. The number of allylic oxidation sites excluding steroid dienone is 1. The normalized spacial score (nSPS) is 18.8. The van der Waals surface area contributed by atoms with E-state index in [1.807, 2.05) is 31.3 Å². The van der Waals surface area contributed by atoms with E-state index in [1.165, 1.54) is 6.20 Å². The summed E-state index contributed by atoms with van der Waals surface area (Å²) in [6, 6.07) is 10.9. The Labute approximate surface area is 221 Å². The number of aliphatic imine (C=N–C) groups is 1. The highest BCUT2D eigenvalue weighted by Crippen LogP contribution is 2.47. The molecule has 0 aromatic heterocycles. The first-order valence-electron chi connectivity index (χ1n) is 12.6. The number of benzene rings is 2. The molecule has 3 atom stereocenters. The molecule has 2 aromatic carbocycles. The highest BCUT2D eigenvalue weighted by molar-refractivity contribution is 7.97. The molecule has 3 unspecified atom stereocenters. The highest BCUT2D eigenvalue weighted by Gasteiger charge is 2.46. The van der Waals surface area contributed by atoms with Gasteiger partial charge in [-0.15, -0.1) is 6.58 Å². The SMILES string of the molecule is C=CC(CC(C)C1(NC)CC1)NSC(c1ccc2c(c1)Cc1ccc(C(C=NC)=CN)cc1-2)C(F)(F)F. The zero-order valence-corrected chi connectivity index (χ0v) is 22.3. The van der Waals surface area contributed by atoms with Gasteiger partial charge in [-0.2, -0.15) is 13.2 Å². The van der Waals surface area contributed by atoms with Crippen molar-refractivity contribution in [3.05, 3.63) is 77.5 Å². The minimum atomic E-state index is -4.40. The molecule has 0 saturated heterocycles. The van der Waals surface area contributed by atoms with Crippen LogP contribution in [0.1, 0.15) is 53.7 Å². The number of hydrogen-bond acceptors (Lipinski definition) is 5. The molecular formula is C29H35F3N4S. The van der Waals surface area contributed by atoms with E-state index in [-0.39, 0.29) is 17.1 Å². The molecule has 0 radical (unpaired) electrons. The first kappa shape index (κ1) is 27.5. The summed E-state index contributed by atoms with van der Waals surface area (Å²) in [7, 11) is 3.63. The fourth-order valence-corrected chi connectivity index (χ4v) is 6.23. The van der Waals surface area contributed by atoms with Crippen molar-refractivity contribution >= 4 is 23.7 Å². The number of halogens is 3. The number of fused-ring (bicyclic) bond motifs is 3. The smallest absolute Gasteiger partial charge is 0.404 e. The van der Waals surface area contributed by atoms with Gasteiger partial charge in [-0.1, -0.05) is 55.3 Å². The number of nitrogens with one attached hydrogen (secondary N) is 2. The Kier molecular flexibility index (Phi) is 8.21. The summed E-state index contributed by atoms with van der Waals surface area (Å²) in [5, 5.41) is 1.70. The molecule has 4 rings (SSSR count). The van der Waals surface area contributed by atoms with Crippen LogP contribution in [0.15, 0.2) is 60.2 Å². The molecule has 0 spiro atoms. The van der Waals surface area contributed by atoms with Gasteiger partial charge in [0.15, 0.2) is 0 Å². The highest BCUT2D eigenvalue weighted by atomic mass is 32.2. The Hall–Kier alpha value is -2.55. The van der Waals surface area contributed by atoms with Crippen molar-refractivity contribution in [2.45, 2.75) is 55.6 Å². The fraction of sp³-hybridized carbons (Fsp3) is 0.414. The van der Waals surface area contributed by atoms with Crippen LogP contribution in [-0.4, -0.2) is 38.1 Å². The van der Waals surface area contributed by atoms with Gasteiger partial charge in [-0.3, -0.25) is 9.71 Å². The van der Waals surface area contributed by atoms with Gasteiger partial charge < -0.3 is 11.1 Å². The van der Waals surface area contributed by atoms with Crippen LogP contribution >= 0.6 is 11.9 Å². The molecule has 4 nitrogen and oxygen atoms in total. The summed E-state index contributed by atoms with van der Waals surface area (Å²) in [5.41, 5.74) is 11.8. The Morgan fingerprint density at radius 1 is 1.19 bits per heavy atom. The molecule has 37 heavy (non-hydrogen) atoms. The van der Waals surface area contributed by atoms with Crippen LogP contribution in [0.5, 0.6) is 0 Å². The third-order valence-electron chi connectivity index (χ3n) is 7.75. The van der Waals surface area contributed by atoms with E-state index >= 15 is 0 Å². The van der Waals surface area contributed by atoms with E-state index in [0.717, 1.165) is 64.6 Å². The van der Waals surface area contributed by atoms with Crippen LogP contribution < -0.4 is 15.8 Å². The molecule has 198 valence electrons. The summed E-state index contributed by atoms with van der Waals surface area (Å²) in [4.78, 5) is 4.05. The van der Waals surface area contributed by atoms with E-state index in [2.05, 4.69) is 28.5 Å². The molecule has 8 heteroatoms. The van der Waals surface area contributed by atoms with Crippen molar-refractivity contribution in [2.75, 3.05) is 14.1 Å². The van der Waals surface area contributed by atoms with Gasteiger partial charge in [0.25, 0.3) is 0 Å². The predicted molar refractivity (Wildman–Crippen MR) is 150 cm³/mol. The molecule has 2 aliphatic rings. The van der Waals surface area contributed by atoms with Crippen LogP contribution in [0.3, 0.4) is 0 Å². The topological polar surface area (TPSA) is 62.4 Å². The molecule has 2 aliphatic carbocycles. The maximum atomic E-state index is 14.2. The van der Waals surface area contributed by atoms with E-state index < -0.39 is 11.4 Å². The average Bonchev–Trinajstić information content (AvgIpc) is 3.60. The maximum Gasteiger partial charge on any atom is 0.405 e. The number of rotatable bonds is 11. The van der Waals surface area contributed by atoms with Crippen molar-refractivity contribution < 1.29 is 13.2 Å². The van der Waals surface area contributed by atoms with Gasteiger partial charge in [-0.05, 0) is 78.1 Å². The Morgan fingerprint density at radius 3 is 2.54 bits per heavy atom. The molecule has 4 N–H and O–H groups in total. The van der Waals surface area contributed by atoms with E-state index in [9.17, 15) is 13.2 Å². The Bertz CT molecular complexity index is 1200. The lowest BCUT2D eigenvalue weighted by Gasteiger charge is -2.28. The van der Waals surface area contributed by atoms with Crippen LogP contribution in [0, 0.1) is 5.92 Å². The monoisotopic (exact) mass is 528 g/mol. The first-order valence-corrected chi connectivity index (χ1v) is 13.4. The van der Waals surface area contributed by atoms with Crippen LogP contribution in [0.2, 0.25) is 0 Å². The molecule has 0 aliphatic heterocycles. The molecule has 0 bridgehead atoms. The van der Waals surface area contributed by atoms with Gasteiger partial charge >= 0.3 is 6.18 Å². The van der Waals surface area contributed by atoms with E-state index in [1.54, 1.807) is 31.5 Å². The second-order valence-electron chi connectivity index (χ2n) is 10.0. The van der Waals surface area contributed by atoms with Gasteiger partial charge in [0, 0.05) is 36.6 Å². The fourth-order valence-electron chi connectivity index (χ4n) is 5.31.